The first-order chi connectivity index (χ1) is 19.1. The fraction of sp³-hybridized carbons (Fsp3) is 0.323. The molecule has 3 aromatic carbocycles. The highest BCUT2D eigenvalue weighted by Gasteiger charge is 2.19. The molecule has 8 heteroatoms. The average molecular weight is 525 g/mol. The van der Waals surface area contributed by atoms with Crippen molar-refractivity contribution < 1.29 is 9.59 Å². The van der Waals surface area contributed by atoms with Crippen molar-refractivity contribution >= 4 is 23.5 Å². The highest BCUT2D eigenvalue weighted by Crippen LogP contribution is 2.33. The van der Waals surface area contributed by atoms with Crippen LogP contribution >= 0.6 is 0 Å². The molecule has 1 saturated carbocycles. The van der Waals surface area contributed by atoms with E-state index in [2.05, 4.69) is 51.9 Å². The molecule has 3 aromatic rings. The monoisotopic (exact) mass is 524 g/mol. The predicted molar refractivity (Wildman–Crippen MR) is 154 cm³/mol. The Kier molecular flexibility index (Phi) is 9.94. The summed E-state index contributed by atoms with van der Waals surface area (Å²) in [5.74, 6) is 5.05. The molecule has 0 aromatic heterocycles. The number of hydrogen-bond donors (Lipinski definition) is 3. The summed E-state index contributed by atoms with van der Waals surface area (Å²) >= 11 is 0. The summed E-state index contributed by atoms with van der Waals surface area (Å²) in [6.45, 7) is 0.395. The number of carbonyl (C=O) groups excluding carboxylic acids is 2. The van der Waals surface area contributed by atoms with Crippen molar-refractivity contribution in [3.8, 4) is 0 Å². The maximum absolute atomic E-state index is 13.5. The topological polar surface area (TPSA) is 124 Å². The minimum atomic E-state index is -0.464. The van der Waals surface area contributed by atoms with Crippen LogP contribution in [0.25, 0.3) is 0 Å². The fourth-order valence-electron chi connectivity index (χ4n) is 5.12. The van der Waals surface area contributed by atoms with Gasteiger partial charge in [-0.15, -0.1) is 10.2 Å². The van der Waals surface area contributed by atoms with Gasteiger partial charge in [0.2, 0.25) is 5.91 Å². The lowest BCUT2D eigenvalue weighted by atomic mass is 9.84. The number of guanidine groups is 1. The zero-order chi connectivity index (χ0) is 27.5. The molecule has 0 atom stereocenters. The van der Waals surface area contributed by atoms with Gasteiger partial charge in [0.25, 0.3) is 11.9 Å². The number of aryl methyl sites for hydroxylation is 1. The second-order valence-corrected chi connectivity index (χ2v) is 9.96. The molecule has 0 unspecified atom stereocenters. The molecular formula is C31H36N6O2. The lowest BCUT2D eigenvalue weighted by molar-refractivity contribution is -0.118. The van der Waals surface area contributed by atoms with Crippen molar-refractivity contribution in [1.82, 2.24) is 5.32 Å². The van der Waals surface area contributed by atoms with Crippen LogP contribution in [0.2, 0.25) is 0 Å². The summed E-state index contributed by atoms with van der Waals surface area (Å²) in [6.07, 6.45) is 8.41. The number of nitrogens with one attached hydrogen (secondary N) is 2. The summed E-state index contributed by atoms with van der Waals surface area (Å²) in [5.41, 5.74) is 11.7. The second-order valence-electron chi connectivity index (χ2n) is 9.96. The van der Waals surface area contributed by atoms with Gasteiger partial charge in [-0.3, -0.25) is 14.9 Å². The van der Waals surface area contributed by atoms with Gasteiger partial charge >= 0.3 is 0 Å². The molecule has 4 N–H and O–H groups in total. The van der Waals surface area contributed by atoms with E-state index in [1.165, 1.54) is 43.2 Å². The van der Waals surface area contributed by atoms with E-state index < -0.39 is 5.91 Å². The van der Waals surface area contributed by atoms with Gasteiger partial charge in [0.15, 0.2) is 0 Å². The number of carbonyl (C=O) groups is 2. The third-order valence-corrected chi connectivity index (χ3v) is 7.29. The molecule has 0 heterocycles. The van der Waals surface area contributed by atoms with Crippen LogP contribution in [0.15, 0.2) is 89.1 Å². The Bertz CT molecular complexity index is 1270. The molecule has 2 amide bonds. The van der Waals surface area contributed by atoms with Crippen LogP contribution < -0.4 is 16.1 Å². The van der Waals surface area contributed by atoms with Gasteiger partial charge in [0, 0.05) is 17.7 Å². The van der Waals surface area contributed by atoms with Gasteiger partial charge in [0.1, 0.15) is 0 Å². The number of anilines is 1. The highest BCUT2D eigenvalue weighted by atomic mass is 16.2. The van der Waals surface area contributed by atoms with Crippen molar-refractivity contribution in [2.24, 2.45) is 16.1 Å². The van der Waals surface area contributed by atoms with E-state index >= 15 is 0 Å². The van der Waals surface area contributed by atoms with E-state index in [9.17, 15) is 9.59 Å². The van der Waals surface area contributed by atoms with Crippen LogP contribution in [0.1, 0.15) is 77.9 Å². The summed E-state index contributed by atoms with van der Waals surface area (Å²) in [6, 6.07) is 25.7. The molecular weight excluding hydrogens is 488 g/mol. The van der Waals surface area contributed by atoms with Gasteiger partial charge < -0.3 is 10.7 Å². The van der Waals surface area contributed by atoms with Crippen molar-refractivity contribution in [3.63, 3.8) is 0 Å². The molecule has 4 rings (SSSR count). The summed E-state index contributed by atoms with van der Waals surface area (Å²) < 4.78 is 0. The lowest BCUT2D eigenvalue weighted by Crippen LogP contribution is -2.31. The maximum Gasteiger partial charge on any atom is 0.265 e. The predicted octanol–water partition coefficient (Wildman–Crippen LogP) is 6.28. The fourth-order valence-corrected chi connectivity index (χ4v) is 5.12. The van der Waals surface area contributed by atoms with Gasteiger partial charge in [-0.2, -0.15) is 0 Å². The van der Waals surface area contributed by atoms with E-state index in [-0.39, 0.29) is 11.9 Å². The van der Waals surface area contributed by atoms with Crippen LogP contribution in [0.3, 0.4) is 0 Å². The van der Waals surface area contributed by atoms with E-state index in [4.69, 9.17) is 11.4 Å². The third kappa shape index (κ3) is 7.83. The number of rotatable bonds is 9. The summed E-state index contributed by atoms with van der Waals surface area (Å²) in [7, 11) is 0. The van der Waals surface area contributed by atoms with Crippen LogP contribution in [-0.2, 0) is 17.8 Å². The zero-order valence-electron chi connectivity index (χ0n) is 22.2. The minimum absolute atomic E-state index is 0.0685. The number of benzene rings is 3. The van der Waals surface area contributed by atoms with Crippen molar-refractivity contribution in [2.45, 2.75) is 63.8 Å². The Morgan fingerprint density at radius 1 is 0.897 bits per heavy atom. The highest BCUT2D eigenvalue weighted by molar-refractivity contribution is 6.05. The molecule has 0 aliphatic heterocycles. The molecule has 0 bridgehead atoms. The molecule has 1 fully saturated rings. The number of nitrogens with zero attached hydrogens (tertiary/aromatic N) is 3. The van der Waals surface area contributed by atoms with Crippen molar-refractivity contribution in [2.75, 3.05) is 4.90 Å². The Labute approximate surface area is 229 Å². The number of hydrogen-bond acceptors (Lipinski definition) is 5. The number of hydrazone groups is 1. The van der Waals surface area contributed by atoms with Gasteiger partial charge in [-0.25, -0.2) is 5.53 Å². The Hall–Kier alpha value is -4.33. The number of nitrogens with two attached hydrogens (primary N) is 1. The van der Waals surface area contributed by atoms with Gasteiger partial charge in [0.05, 0.1) is 6.54 Å². The third-order valence-electron chi connectivity index (χ3n) is 7.29. The maximum atomic E-state index is 13.5. The largest absolute Gasteiger partial charge is 0.320 e. The van der Waals surface area contributed by atoms with Crippen LogP contribution in [0.4, 0.5) is 5.69 Å². The summed E-state index contributed by atoms with van der Waals surface area (Å²) in [4.78, 5) is 27.7. The van der Waals surface area contributed by atoms with Gasteiger partial charge in [-0.05, 0) is 72.6 Å². The molecule has 1 aliphatic carbocycles. The Morgan fingerprint density at radius 2 is 1.59 bits per heavy atom. The first-order valence-corrected chi connectivity index (χ1v) is 13.6. The first kappa shape index (κ1) is 27.7. The minimum Gasteiger partial charge on any atom is -0.320 e. The molecule has 0 saturated heterocycles. The smallest absolute Gasteiger partial charge is 0.265 e. The Morgan fingerprint density at radius 3 is 2.23 bits per heavy atom. The molecule has 8 nitrogen and oxygen atoms in total. The van der Waals surface area contributed by atoms with E-state index in [1.807, 2.05) is 35.2 Å². The number of amides is 2. The molecule has 202 valence electrons. The molecule has 0 spiro atoms. The normalized spacial score (nSPS) is 14.0. The van der Waals surface area contributed by atoms with Crippen molar-refractivity contribution in [1.29, 1.82) is 5.53 Å². The summed E-state index contributed by atoms with van der Waals surface area (Å²) in [5, 5.41) is 8.68. The van der Waals surface area contributed by atoms with Gasteiger partial charge in [-0.1, -0.05) is 73.9 Å². The lowest BCUT2D eigenvalue weighted by Gasteiger charge is -2.25. The SMILES string of the molecule is N=N/C(=N\N)NC(=O)c1ccc(CN(C(=O)CCCc2ccccc2)c2ccc(C3CCCCC3)cc2)cc1. The van der Waals surface area contributed by atoms with Crippen LogP contribution in [0, 0.1) is 5.53 Å². The standard InChI is InChI=1S/C31H36N6O2/c32-35-31(36-33)34-30(39)27-16-14-24(15-17-27)22-37(29(38)13-7-10-23-8-3-1-4-9-23)28-20-18-26(19-21-28)25-11-5-2-6-12-25/h1,3-4,8-9,14-21,25,32H,2,5-7,10-13,22,33H2,(H,34,36,39). The quantitative estimate of drug-likeness (QED) is 0.100. The molecule has 0 radical (unpaired) electrons. The molecule has 39 heavy (non-hydrogen) atoms. The van der Waals surface area contributed by atoms with E-state index in [1.54, 1.807) is 12.1 Å². The average Bonchev–Trinajstić information content (AvgIpc) is 3.00. The first-order valence-electron chi connectivity index (χ1n) is 13.6. The van der Waals surface area contributed by atoms with Crippen molar-refractivity contribution in [3.05, 3.63) is 101 Å². The Balaban J connectivity index is 1.48. The zero-order valence-corrected chi connectivity index (χ0v) is 22.2. The van der Waals surface area contributed by atoms with Crippen LogP contribution in [0.5, 0.6) is 0 Å². The molecule has 1 aliphatic rings. The van der Waals surface area contributed by atoms with Crippen LogP contribution in [-0.4, -0.2) is 17.8 Å². The van der Waals surface area contributed by atoms with E-state index in [0.29, 0.717) is 24.4 Å². The second kappa shape index (κ2) is 14.0. The van der Waals surface area contributed by atoms with E-state index in [0.717, 1.165) is 24.1 Å².